The van der Waals surface area contributed by atoms with Crippen LogP contribution < -0.4 is 14.2 Å². The van der Waals surface area contributed by atoms with Crippen molar-refractivity contribution in [3.63, 3.8) is 0 Å². The number of aryl methyl sites for hydroxylation is 1. The lowest BCUT2D eigenvalue weighted by Crippen LogP contribution is -2.60. The molecule has 1 aromatic heterocycles. The van der Waals surface area contributed by atoms with E-state index in [1.54, 1.807) is 42.5 Å². The van der Waals surface area contributed by atoms with Gasteiger partial charge in [0.2, 0.25) is 11.4 Å². The molecule has 5 rings (SSSR count). The first kappa shape index (κ1) is 32.6. The second kappa shape index (κ2) is 12.9. The standard InChI is InChI=1S/C32H32F3N3O8/c1-44-27-12-21(8-11-29(39)40)13-28(45-2)30(27)46-23-16-36(17-23)19-31(41,32(33,34)35)25-18-37(15-20-6-4-3-5-7-20)26-14-22(38(42)43)9-10-24(25)26/h3-7,9-10,12-14,18,23,41H,8,11,15-17,19H2,1-2H3,(H,39,40). The molecule has 0 bridgehead atoms. The molecule has 11 nitrogen and oxygen atoms in total. The summed E-state index contributed by atoms with van der Waals surface area (Å²) in [5, 5.41) is 32.0. The Morgan fingerprint density at radius 3 is 2.24 bits per heavy atom. The molecular weight excluding hydrogens is 611 g/mol. The summed E-state index contributed by atoms with van der Waals surface area (Å²) in [5.74, 6) is -0.172. The number of alkyl halides is 3. The molecule has 3 aromatic carbocycles. The van der Waals surface area contributed by atoms with Crippen LogP contribution in [0.25, 0.3) is 10.9 Å². The summed E-state index contributed by atoms with van der Waals surface area (Å²) in [6.45, 7) is -0.593. The number of hydrogen-bond acceptors (Lipinski definition) is 8. The third-order valence-electron chi connectivity index (χ3n) is 8.00. The number of nitrogens with zero attached hydrogens (tertiary/aromatic N) is 3. The van der Waals surface area contributed by atoms with E-state index in [2.05, 4.69) is 0 Å². The number of benzene rings is 3. The number of non-ortho nitro benzene ring substituents is 1. The zero-order chi connectivity index (χ0) is 33.2. The van der Waals surface area contributed by atoms with Gasteiger partial charge in [-0.3, -0.25) is 19.8 Å². The number of fused-ring (bicyclic) bond motifs is 1. The Hall–Kier alpha value is -4.82. The first-order valence-corrected chi connectivity index (χ1v) is 14.3. The zero-order valence-corrected chi connectivity index (χ0v) is 25.0. The van der Waals surface area contributed by atoms with Crippen molar-refractivity contribution in [2.75, 3.05) is 33.9 Å². The number of nitro benzene ring substituents is 1. The minimum atomic E-state index is -5.09. The lowest BCUT2D eigenvalue weighted by Gasteiger charge is -2.44. The van der Waals surface area contributed by atoms with Gasteiger partial charge in [-0.05, 0) is 35.7 Å². The van der Waals surface area contributed by atoms with E-state index in [0.717, 1.165) is 11.6 Å². The number of hydrogen-bond donors (Lipinski definition) is 2. The smallest absolute Gasteiger partial charge is 0.422 e. The van der Waals surface area contributed by atoms with E-state index >= 15 is 0 Å². The molecule has 1 unspecified atom stereocenters. The number of halogens is 3. The molecular formula is C32H32F3N3O8. The molecule has 0 spiro atoms. The molecule has 1 aliphatic rings. The first-order chi connectivity index (χ1) is 21.8. The number of rotatable bonds is 13. The minimum absolute atomic E-state index is 0.0413. The maximum atomic E-state index is 14.8. The molecule has 0 saturated carbocycles. The Kier molecular flexibility index (Phi) is 9.13. The maximum absolute atomic E-state index is 14.8. The summed E-state index contributed by atoms with van der Waals surface area (Å²) >= 11 is 0. The van der Waals surface area contributed by atoms with E-state index in [-0.39, 0.29) is 66.3 Å². The molecule has 2 heterocycles. The highest BCUT2D eigenvalue weighted by atomic mass is 19.4. The number of aromatic nitrogens is 1. The molecule has 244 valence electrons. The average Bonchev–Trinajstić information content (AvgIpc) is 3.36. The highest BCUT2D eigenvalue weighted by molar-refractivity contribution is 5.87. The molecule has 0 aliphatic carbocycles. The number of aliphatic hydroxyl groups is 1. The van der Waals surface area contributed by atoms with Crippen molar-refractivity contribution in [2.45, 2.75) is 37.3 Å². The van der Waals surface area contributed by atoms with E-state index in [1.165, 1.54) is 42.0 Å². The van der Waals surface area contributed by atoms with E-state index in [1.807, 2.05) is 0 Å². The molecule has 0 amide bonds. The van der Waals surface area contributed by atoms with Crippen molar-refractivity contribution in [3.8, 4) is 17.2 Å². The van der Waals surface area contributed by atoms with Crippen LogP contribution in [0, 0.1) is 10.1 Å². The second-order valence-electron chi connectivity index (χ2n) is 11.1. The van der Waals surface area contributed by atoms with Crippen LogP contribution >= 0.6 is 0 Å². The minimum Gasteiger partial charge on any atom is -0.493 e. The topological polar surface area (TPSA) is 137 Å². The third-order valence-corrected chi connectivity index (χ3v) is 8.00. The van der Waals surface area contributed by atoms with Crippen LogP contribution in [0.2, 0.25) is 0 Å². The molecule has 46 heavy (non-hydrogen) atoms. The number of carboxylic acid groups (broad SMARTS) is 1. The van der Waals surface area contributed by atoms with Crippen molar-refractivity contribution in [2.24, 2.45) is 0 Å². The molecule has 2 N–H and O–H groups in total. The summed E-state index contributed by atoms with van der Waals surface area (Å²) in [6.07, 6.45) is -4.32. The first-order valence-electron chi connectivity index (χ1n) is 14.3. The van der Waals surface area contributed by atoms with Crippen molar-refractivity contribution >= 4 is 22.6 Å². The number of likely N-dealkylation sites (tertiary alicyclic amines) is 1. The largest absolute Gasteiger partial charge is 0.493 e. The summed E-state index contributed by atoms with van der Waals surface area (Å²) in [7, 11) is 2.81. The monoisotopic (exact) mass is 643 g/mol. The summed E-state index contributed by atoms with van der Waals surface area (Å²) < 4.78 is 62.7. The van der Waals surface area contributed by atoms with Crippen LogP contribution in [-0.2, 0) is 23.4 Å². The van der Waals surface area contributed by atoms with E-state index in [4.69, 9.17) is 19.3 Å². The van der Waals surface area contributed by atoms with Gasteiger partial charge >= 0.3 is 12.1 Å². The third kappa shape index (κ3) is 6.58. The lowest BCUT2D eigenvalue weighted by atomic mass is 9.90. The zero-order valence-electron chi connectivity index (χ0n) is 25.0. The van der Waals surface area contributed by atoms with Gasteiger partial charge in [0.1, 0.15) is 6.10 Å². The summed E-state index contributed by atoms with van der Waals surface area (Å²) in [6, 6.07) is 15.7. The number of β-amino-alcohol motifs (C(OH)–C–C–N with tert-alkyl or cyclic N) is 1. The van der Waals surface area contributed by atoms with Crippen molar-refractivity contribution in [1.29, 1.82) is 0 Å². The predicted octanol–water partition coefficient (Wildman–Crippen LogP) is 5.15. The SMILES string of the molecule is COc1cc(CCC(=O)O)cc(OC)c1OC1CN(CC(O)(c2cn(Cc3ccccc3)c3cc([N+](=O)[O-])ccc23)C(F)(F)F)C1. The number of carboxylic acids is 1. The number of methoxy groups -OCH3 is 2. The van der Waals surface area contributed by atoms with Crippen LogP contribution in [0.1, 0.15) is 23.1 Å². The van der Waals surface area contributed by atoms with Crippen molar-refractivity contribution in [1.82, 2.24) is 9.47 Å². The van der Waals surface area contributed by atoms with Crippen LogP contribution in [0.5, 0.6) is 17.2 Å². The summed E-state index contributed by atoms with van der Waals surface area (Å²) in [4.78, 5) is 23.3. The molecule has 1 atom stereocenters. The molecule has 14 heteroatoms. The normalized spacial score (nSPS) is 15.3. The molecule has 1 fully saturated rings. The van der Waals surface area contributed by atoms with Gasteiger partial charge in [0.05, 0.1) is 24.7 Å². The molecule has 1 saturated heterocycles. The molecule has 1 aliphatic heterocycles. The lowest BCUT2D eigenvalue weighted by molar-refractivity contribution is -0.384. The average molecular weight is 644 g/mol. The Morgan fingerprint density at radius 1 is 1.02 bits per heavy atom. The van der Waals surface area contributed by atoms with Crippen LogP contribution in [-0.4, -0.2) is 76.7 Å². The fourth-order valence-corrected chi connectivity index (χ4v) is 5.62. The van der Waals surface area contributed by atoms with Gasteiger partial charge in [0.15, 0.2) is 11.5 Å². The molecule has 4 aromatic rings. The van der Waals surface area contributed by atoms with Gasteiger partial charge in [0, 0.05) is 61.9 Å². The Morgan fingerprint density at radius 2 is 1.67 bits per heavy atom. The Balaban J connectivity index is 1.40. The highest BCUT2D eigenvalue weighted by Crippen LogP contribution is 2.45. The number of ether oxygens (including phenoxy) is 3. The van der Waals surface area contributed by atoms with Gasteiger partial charge in [-0.25, -0.2) is 0 Å². The van der Waals surface area contributed by atoms with Gasteiger partial charge in [-0.15, -0.1) is 0 Å². The van der Waals surface area contributed by atoms with Crippen molar-refractivity contribution < 1.29 is 47.3 Å². The fraction of sp³-hybridized carbons (Fsp3) is 0.344. The molecule has 0 radical (unpaired) electrons. The number of carbonyl (C=O) groups is 1. The Bertz CT molecular complexity index is 1710. The van der Waals surface area contributed by atoms with Gasteiger partial charge in [0.25, 0.3) is 5.69 Å². The van der Waals surface area contributed by atoms with E-state index < -0.39 is 40.9 Å². The van der Waals surface area contributed by atoms with E-state index in [9.17, 15) is 33.2 Å². The van der Waals surface area contributed by atoms with Crippen LogP contribution in [0.3, 0.4) is 0 Å². The Labute approximate surface area is 261 Å². The van der Waals surface area contributed by atoms with Crippen molar-refractivity contribution in [3.05, 3.63) is 93.7 Å². The van der Waals surface area contributed by atoms with Gasteiger partial charge < -0.3 is 29.0 Å². The highest BCUT2D eigenvalue weighted by Gasteiger charge is 2.58. The second-order valence-corrected chi connectivity index (χ2v) is 11.1. The number of aliphatic carboxylic acids is 1. The quantitative estimate of drug-likeness (QED) is 0.150. The van der Waals surface area contributed by atoms with Crippen LogP contribution in [0.15, 0.2) is 66.9 Å². The van der Waals surface area contributed by atoms with Gasteiger partial charge in [-0.2, -0.15) is 13.2 Å². The summed E-state index contributed by atoms with van der Waals surface area (Å²) in [5.41, 5.74) is -2.42. The fourth-order valence-electron chi connectivity index (χ4n) is 5.62. The van der Waals surface area contributed by atoms with Gasteiger partial charge in [-0.1, -0.05) is 30.3 Å². The number of nitro groups is 1. The van der Waals surface area contributed by atoms with Crippen LogP contribution in [0.4, 0.5) is 18.9 Å². The maximum Gasteiger partial charge on any atom is 0.422 e. The predicted molar refractivity (Wildman–Crippen MR) is 160 cm³/mol. The van der Waals surface area contributed by atoms with E-state index in [0.29, 0.717) is 5.56 Å².